The summed E-state index contributed by atoms with van der Waals surface area (Å²) in [7, 11) is 0. The highest BCUT2D eigenvalue weighted by Crippen LogP contribution is 2.54. The first-order valence-electron chi connectivity index (χ1n) is 11.9. The van der Waals surface area contributed by atoms with Gasteiger partial charge in [-0.25, -0.2) is 14.1 Å². The van der Waals surface area contributed by atoms with Gasteiger partial charge in [0.05, 0.1) is 21.8 Å². The van der Waals surface area contributed by atoms with E-state index in [1.54, 1.807) is 0 Å². The van der Waals surface area contributed by atoms with Gasteiger partial charge in [-0.2, -0.15) is 31.4 Å². The van der Waals surface area contributed by atoms with Crippen LogP contribution in [0.15, 0.2) is 36.8 Å². The van der Waals surface area contributed by atoms with Crippen molar-refractivity contribution >= 4 is 46.6 Å². The van der Waals surface area contributed by atoms with Crippen LogP contribution in [-0.4, -0.2) is 49.9 Å². The van der Waals surface area contributed by atoms with E-state index < -0.39 is 39.5 Å². The molecule has 2 aliphatic carbocycles. The number of carbonyl (C=O) groups is 2. The summed E-state index contributed by atoms with van der Waals surface area (Å²) in [4.78, 5) is 31.3. The molecule has 0 radical (unpaired) electrons. The van der Waals surface area contributed by atoms with Crippen LogP contribution in [0, 0.1) is 5.92 Å². The number of aromatic nitrogens is 3. The van der Waals surface area contributed by atoms with Crippen molar-refractivity contribution in [3.8, 4) is 16.8 Å². The van der Waals surface area contributed by atoms with Crippen LogP contribution in [0.1, 0.15) is 41.6 Å². The Balaban J connectivity index is 1.49. The van der Waals surface area contributed by atoms with Gasteiger partial charge in [0.25, 0.3) is 5.91 Å². The van der Waals surface area contributed by atoms with E-state index >= 15 is 0 Å². The Kier molecular flexibility index (Phi) is 7.31. The normalized spacial score (nSPS) is 16.1. The molecule has 218 valence electrons. The number of halogens is 10. The van der Waals surface area contributed by atoms with Gasteiger partial charge < -0.3 is 0 Å². The summed E-state index contributed by atoms with van der Waals surface area (Å²) in [6.07, 6.45) is -6.16. The Morgan fingerprint density at radius 2 is 1.44 bits per heavy atom. The SMILES string of the molecule is O=C(c1cc(-c2cnn(-c3c(Cl)cc(C(F)(C(F)(F)F)C(F)(F)F)cc3Cl)c2)cnc1Cl)N(C(=O)C1CC1)C1CC1. The number of benzene rings is 1. The number of imide groups is 1. The average molecular weight is 644 g/mol. The van der Waals surface area contributed by atoms with Crippen LogP contribution in [-0.2, 0) is 10.5 Å². The Morgan fingerprint density at radius 1 is 0.854 bits per heavy atom. The molecule has 5 rings (SSSR count). The molecule has 2 saturated carbocycles. The first kappa shape index (κ1) is 29.6. The van der Waals surface area contributed by atoms with Gasteiger partial charge in [-0.1, -0.05) is 34.8 Å². The van der Waals surface area contributed by atoms with Gasteiger partial charge in [-0.15, -0.1) is 0 Å². The molecule has 0 atom stereocenters. The molecule has 16 heteroatoms. The van der Waals surface area contributed by atoms with E-state index in [1.807, 2.05) is 0 Å². The van der Waals surface area contributed by atoms with E-state index in [0.29, 0.717) is 31.2 Å². The van der Waals surface area contributed by atoms with Crippen molar-refractivity contribution in [1.82, 2.24) is 19.7 Å². The Labute approximate surface area is 242 Å². The molecule has 1 aromatic carbocycles. The Hall–Kier alpha value is -2.90. The second-order valence-corrected chi connectivity index (χ2v) is 10.9. The predicted octanol–water partition coefficient (Wildman–Crippen LogP) is 7.73. The lowest BCUT2D eigenvalue weighted by Gasteiger charge is -2.30. The molecule has 6 nitrogen and oxygen atoms in total. The van der Waals surface area contributed by atoms with Crippen LogP contribution < -0.4 is 0 Å². The molecule has 41 heavy (non-hydrogen) atoms. The molecule has 2 aromatic heterocycles. The van der Waals surface area contributed by atoms with E-state index in [2.05, 4.69) is 10.1 Å². The van der Waals surface area contributed by atoms with Crippen molar-refractivity contribution in [1.29, 1.82) is 0 Å². The molecule has 2 heterocycles. The van der Waals surface area contributed by atoms with Gasteiger partial charge in [0, 0.05) is 41.0 Å². The lowest BCUT2D eigenvalue weighted by molar-refractivity contribution is -0.348. The molecule has 2 amide bonds. The number of rotatable bonds is 6. The van der Waals surface area contributed by atoms with Crippen molar-refractivity contribution in [3.05, 3.63) is 63.1 Å². The molecule has 2 aliphatic rings. The maximum absolute atomic E-state index is 14.5. The Bertz CT molecular complexity index is 1510. The van der Waals surface area contributed by atoms with E-state index in [1.165, 1.54) is 29.6 Å². The monoisotopic (exact) mass is 642 g/mol. The highest BCUT2D eigenvalue weighted by Gasteiger charge is 2.73. The molecular weight excluding hydrogens is 628 g/mol. The minimum absolute atomic E-state index is 0.0446. The maximum Gasteiger partial charge on any atom is 0.435 e. The first-order chi connectivity index (χ1) is 19.0. The molecule has 2 fully saturated rings. The fourth-order valence-electron chi connectivity index (χ4n) is 4.26. The van der Waals surface area contributed by atoms with Crippen molar-refractivity contribution in [3.63, 3.8) is 0 Å². The van der Waals surface area contributed by atoms with Crippen molar-refractivity contribution < 1.29 is 40.3 Å². The van der Waals surface area contributed by atoms with E-state index in [0.717, 1.165) is 4.68 Å². The summed E-state index contributed by atoms with van der Waals surface area (Å²) in [5, 5.41) is 2.36. The molecule has 0 spiro atoms. The lowest BCUT2D eigenvalue weighted by Crippen LogP contribution is -2.50. The summed E-state index contributed by atoms with van der Waals surface area (Å²) in [6, 6.07) is 1.51. The van der Waals surface area contributed by atoms with Crippen molar-refractivity contribution in [2.45, 2.75) is 49.7 Å². The summed E-state index contributed by atoms with van der Waals surface area (Å²) in [5.74, 6) is -1.09. The Morgan fingerprint density at radius 3 is 1.95 bits per heavy atom. The third-order valence-electron chi connectivity index (χ3n) is 6.71. The number of alkyl halides is 7. The molecule has 3 aromatic rings. The van der Waals surface area contributed by atoms with Crippen LogP contribution in [0.4, 0.5) is 30.7 Å². The lowest BCUT2D eigenvalue weighted by atomic mass is 9.94. The van der Waals surface area contributed by atoms with E-state index in [-0.39, 0.29) is 52.0 Å². The number of hydrogen-bond donors (Lipinski definition) is 0. The van der Waals surface area contributed by atoms with E-state index in [4.69, 9.17) is 34.8 Å². The zero-order valence-corrected chi connectivity index (χ0v) is 22.6. The van der Waals surface area contributed by atoms with Crippen LogP contribution in [0.3, 0.4) is 0 Å². The molecule has 0 N–H and O–H groups in total. The molecule has 0 bridgehead atoms. The second kappa shape index (κ2) is 10.1. The predicted molar refractivity (Wildman–Crippen MR) is 134 cm³/mol. The van der Waals surface area contributed by atoms with Gasteiger partial charge in [0.15, 0.2) is 0 Å². The van der Waals surface area contributed by atoms with E-state index in [9.17, 15) is 40.3 Å². The zero-order valence-electron chi connectivity index (χ0n) is 20.3. The largest absolute Gasteiger partial charge is 0.435 e. The standard InChI is InChI=1S/C25H16Cl3F7N4O2/c26-17-6-14(23(29,24(30,31)32)25(33,34)35)7-18(27)19(17)38-10-13(9-37-38)12-5-16(20(28)36-8-12)22(41)39(15-3-4-15)21(40)11-1-2-11/h5-11,15H,1-4H2. The van der Waals surface area contributed by atoms with Crippen LogP contribution >= 0.6 is 34.8 Å². The molecule has 0 saturated heterocycles. The average Bonchev–Trinajstić information content (AvgIpc) is 3.81. The summed E-state index contributed by atoms with van der Waals surface area (Å²) in [6.45, 7) is 0. The maximum atomic E-state index is 14.5. The molecular formula is C25H16Cl3F7N4O2. The van der Waals surface area contributed by atoms with Crippen LogP contribution in [0.2, 0.25) is 15.2 Å². The summed E-state index contributed by atoms with van der Waals surface area (Å²) >= 11 is 18.2. The second-order valence-electron chi connectivity index (χ2n) is 9.70. The fourth-order valence-corrected chi connectivity index (χ4v) is 5.10. The molecule has 0 aliphatic heterocycles. The smallest absolute Gasteiger partial charge is 0.275 e. The van der Waals surface area contributed by atoms with Crippen LogP contribution in [0.5, 0.6) is 0 Å². The minimum Gasteiger partial charge on any atom is -0.275 e. The fraction of sp³-hybridized carbons (Fsp3) is 0.360. The molecule has 0 unspecified atom stereocenters. The van der Waals surface area contributed by atoms with Crippen LogP contribution in [0.25, 0.3) is 16.8 Å². The quantitative estimate of drug-likeness (QED) is 0.157. The number of amides is 2. The highest BCUT2D eigenvalue weighted by atomic mass is 35.5. The van der Waals surface area contributed by atoms with Gasteiger partial charge >= 0.3 is 18.0 Å². The zero-order chi connectivity index (χ0) is 30.1. The third-order valence-corrected chi connectivity index (χ3v) is 7.58. The highest BCUT2D eigenvalue weighted by molar-refractivity contribution is 6.38. The van der Waals surface area contributed by atoms with Gasteiger partial charge in [0.2, 0.25) is 5.91 Å². The van der Waals surface area contributed by atoms with Gasteiger partial charge in [0.1, 0.15) is 10.8 Å². The number of nitrogens with zero attached hydrogens (tertiary/aromatic N) is 4. The minimum atomic E-state index is -6.35. The number of hydrogen-bond acceptors (Lipinski definition) is 4. The van der Waals surface area contributed by atoms with Gasteiger partial charge in [-0.3, -0.25) is 14.5 Å². The summed E-state index contributed by atoms with van der Waals surface area (Å²) in [5.41, 5.74) is -7.39. The van der Waals surface area contributed by atoms with Gasteiger partial charge in [-0.05, 0) is 43.9 Å². The first-order valence-corrected chi connectivity index (χ1v) is 13.1. The number of pyridine rings is 1. The van der Waals surface area contributed by atoms with Crippen molar-refractivity contribution in [2.75, 3.05) is 0 Å². The third kappa shape index (κ3) is 5.27. The van der Waals surface area contributed by atoms with Crippen molar-refractivity contribution in [2.24, 2.45) is 5.92 Å². The topological polar surface area (TPSA) is 68.1 Å². The summed E-state index contributed by atoms with van der Waals surface area (Å²) < 4.78 is 94.7. The number of carbonyl (C=O) groups excluding carboxylic acids is 2.